The number of ether oxygens (including phenoxy) is 3. The summed E-state index contributed by atoms with van der Waals surface area (Å²) < 4.78 is 16.9. The van der Waals surface area contributed by atoms with Gasteiger partial charge in [0.1, 0.15) is 12.9 Å². The van der Waals surface area contributed by atoms with Crippen LogP contribution in [0.15, 0.2) is 90.5 Å². The van der Waals surface area contributed by atoms with Crippen molar-refractivity contribution in [2.24, 2.45) is 0 Å². The van der Waals surface area contributed by atoms with E-state index in [1.54, 1.807) is 6.26 Å². The summed E-state index contributed by atoms with van der Waals surface area (Å²) in [6, 6.07) is 9.55. The Kier molecular flexibility index (Phi) is 7.55. The normalized spacial score (nSPS) is 15.8. The Morgan fingerprint density at radius 2 is 2.07 bits per heavy atom. The Balaban J connectivity index is 1.69. The molecule has 1 amide bonds. The Labute approximate surface area is 173 Å². The highest BCUT2D eigenvalue weighted by atomic mass is 79.9. The number of halogens is 1. The molecule has 0 saturated heterocycles. The predicted molar refractivity (Wildman–Crippen MR) is 111 cm³/mol. The zero-order chi connectivity index (χ0) is 19.6. The molecule has 5 nitrogen and oxygen atoms in total. The van der Waals surface area contributed by atoms with Crippen LogP contribution in [-0.4, -0.2) is 22.9 Å². The summed E-state index contributed by atoms with van der Waals surface area (Å²) >= 11 is 3.34. The van der Waals surface area contributed by atoms with Crippen LogP contribution >= 0.6 is 15.9 Å². The highest BCUT2D eigenvalue weighted by Crippen LogP contribution is 2.27. The third-order valence-corrected chi connectivity index (χ3v) is 4.50. The van der Waals surface area contributed by atoms with Crippen LogP contribution in [0.4, 0.5) is 4.79 Å². The number of carbonyl (C=O) groups is 1. The van der Waals surface area contributed by atoms with Gasteiger partial charge in [0.05, 0.1) is 6.54 Å². The van der Waals surface area contributed by atoms with Gasteiger partial charge in [-0.1, -0.05) is 76.6 Å². The van der Waals surface area contributed by atoms with E-state index < -0.39 is 6.09 Å². The molecule has 3 rings (SSSR count). The maximum atomic E-state index is 12.7. The van der Waals surface area contributed by atoms with Gasteiger partial charge in [-0.3, -0.25) is 0 Å². The van der Waals surface area contributed by atoms with Gasteiger partial charge in [-0.05, 0) is 24.0 Å². The Morgan fingerprint density at radius 1 is 1.21 bits per heavy atom. The quantitative estimate of drug-likeness (QED) is 0.409. The molecule has 1 aromatic rings. The molecular formula is C22H22BrNO4. The first-order valence-electron chi connectivity index (χ1n) is 9.07. The number of nitrogens with zero attached hydrogens (tertiary/aromatic N) is 1. The van der Waals surface area contributed by atoms with E-state index in [1.165, 1.54) is 11.2 Å². The number of alkyl halides is 1. The van der Waals surface area contributed by atoms with Gasteiger partial charge in [0, 0.05) is 5.33 Å². The largest absolute Gasteiger partial charge is 0.463 e. The van der Waals surface area contributed by atoms with Crippen molar-refractivity contribution in [3.05, 3.63) is 96.0 Å². The van der Waals surface area contributed by atoms with Gasteiger partial charge in [-0.25, -0.2) is 9.69 Å². The zero-order valence-electron chi connectivity index (χ0n) is 15.4. The minimum Gasteiger partial charge on any atom is -0.463 e. The van der Waals surface area contributed by atoms with E-state index >= 15 is 0 Å². The minimum atomic E-state index is -0.503. The lowest BCUT2D eigenvalue weighted by Gasteiger charge is -2.26. The molecule has 0 atom stereocenters. The van der Waals surface area contributed by atoms with Crippen LogP contribution in [0.2, 0.25) is 0 Å². The first-order valence-corrected chi connectivity index (χ1v) is 10.2. The molecule has 146 valence electrons. The number of benzene rings is 1. The van der Waals surface area contributed by atoms with Crippen molar-refractivity contribution in [3.8, 4) is 0 Å². The monoisotopic (exact) mass is 443 g/mol. The molecule has 1 aliphatic heterocycles. The fourth-order valence-corrected chi connectivity index (χ4v) is 2.94. The van der Waals surface area contributed by atoms with Gasteiger partial charge in [0.2, 0.25) is 5.88 Å². The Bertz CT molecular complexity index is 824. The summed E-state index contributed by atoms with van der Waals surface area (Å²) in [7, 11) is 0. The molecule has 0 unspecified atom stereocenters. The van der Waals surface area contributed by atoms with E-state index in [2.05, 4.69) is 22.0 Å². The molecule has 0 spiro atoms. The summed E-state index contributed by atoms with van der Waals surface area (Å²) in [6.45, 7) is 0.492. The van der Waals surface area contributed by atoms with Crippen molar-refractivity contribution < 1.29 is 19.0 Å². The van der Waals surface area contributed by atoms with E-state index in [4.69, 9.17) is 14.2 Å². The van der Waals surface area contributed by atoms with E-state index in [1.807, 2.05) is 54.6 Å². The lowest BCUT2D eigenvalue weighted by Crippen LogP contribution is -2.33. The van der Waals surface area contributed by atoms with Crippen LogP contribution in [0.3, 0.4) is 0 Å². The maximum absolute atomic E-state index is 12.7. The maximum Gasteiger partial charge on any atom is 0.417 e. The second-order valence-electron chi connectivity index (χ2n) is 6.11. The van der Waals surface area contributed by atoms with E-state index in [0.29, 0.717) is 23.5 Å². The van der Waals surface area contributed by atoms with Crippen LogP contribution in [0.1, 0.15) is 18.4 Å². The van der Waals surface area contributed by atoms with Crippen molar-refractivity contribution in [1.82, 2.24) is 4.90 Å². The van der Waals surface area contributed by atoms with Crippen LogP contribution in [-0.2, 0) is 20.8 Å². The molecule has 0 saturated carbocycles. The number of carbonyl (C=O) groups excluding carboxylic acids is 1. The van der Waals surface area contributed by atoms with Crippen LogP contribution < -0.4 is 0 Å². The highest BCUT2D eigenvalue weighted by Gasteiger charge is 2.25. The fourth-order valence-electron chi connectivity index (χ4n) is 2.68. The summed E-state index contributed by atoms with van der Waals surface area (Å²) in [5.74, 6) is 0.900. The zero-order valence-corrected chi connectivity index (χ0v) is 17.0. The number of amides is 1. The van der Waals surface area contributed by atoms with Crippen LogP contribution in [0, 0.1) is 0 Å². The van der Waals surface area contributed by atoms with Gasteiger partial charge < -0.3 is 14.2 Å². The number of rotatable bonds is 7. The Hall–Kier alpha value is -2.73. The second-order valence-corrected chi connectivity index (χ2v) is 6.76. The SMILES string of the molecule is O=C(OCc1ccccc1)N(CC=CCBr)C1=COC=C(C2=CC=CCC2)O1. The number of allylic oxidation sites excluding steroid dienone is 5. The third kappa shape index (κ3) is 5.63. The standard InChI is InChI=1S/C22H22BrNO4/c23-13-7-8-14-24(22(25)27-15-18-9-3-1-4-10-18)21-17-26-16-20(28-21)19-11-5-2-6-12-19/h1-5,7-11,16-17H,6,12-15H2. The van der Waals surface area contributed by atoms with Crippen molar-refractivity contribution in [2.75, 3.05) is 11.9 Å². The van der Waals surface area contributed by atoms with Gasteiger partial charge in [-0.2, -0.15) is 0 Å². The molecule has 0 aromatic heterocycles. The molecular weight excluding hydrogens is 422 g/mol. The molecule has 1 heterocycles. The average Bonchev–Trinajstić information content (AvgIpc) is 2.76. The first kappa shape index (κ1) is 20.0. The van der Waals surface area contributed by atoms with Gasteiger partial charge in [0.15, 0.2) is 12.0 Å². The molecule has 28 heavy (non-hydrogen) atoms. The molecule has 0 radical (unpaired) electrons. The summed E-state index contributed by atoms with van der Waals surface area (Å²) in [5.41, 5.74) is 1.95. The second kappa shape index (κ2) is 10.6. The van der Waals surface area contributed by atoms with Crippen molar-refractivity contribution in [3.63, 3.8) is 0 Å². The van der Waals surface area contributed by atoms with Crippen LogP contribution in [0.5, 0.6) is 0 Å². The predicted octanol–water partition coefficient (Wildman–Crippen LogP) is 5.54. The number of hydrogen-bond acceptors (Lipinski definition) is 4. The van der Waals surface area contributed by atoms with E-state index in [9.17, 15) is 4.79 Å². The molecule has 6 heteroatoms. The fraction of sp³-hybridized carbons (Fsp3) is 0.227. The highest BCUT2D eigenvalue weighted by molar-refractivity contribution is 9.09. The molecule has 0 fully saturated rings. The van der Waals surface area contributed by atoms with Crippen LogP contribution in [0.25, 0.3) is 0 Å². The average molecular weight is 444 g/mol. The summed E-state index contributed by atoms with van der Waals surface area (Å²) in [5, 5.41) is 0.695. The topological polar surface area (TPSA) is 48.0 Å². The van der Waals surface area contributed by atoms with Crippen molar-refractivity contribution >= 4 is 22.0 Å². The van der Waals surface area contributed by atoms with E-state index in [-0.39, 0.29) is 6.61 Å². The first-order chi connectivity index (χ1) is 13.8. The molecule has 1 aromatic carbocycles. The third-order valence-electron chi connectivity index (χ3n) is 4.12. The number of hydrogen-bond donors (Lipinski definition) is 0. The molecule has 1 aliphatic carbocycles. The van der Waals surface area contributed by atoms with Crippen molar-refractivity contribution in [1.29, 1.82) is 0 Å². The Morgan fingerprint density at radius 3 is 2.82 bits per heavy atom. The molecule has 0 N–H and O–H groups in total. The lowest BCUT2D eigenvalue weighted by molar-refractivity contribution is 0.0776. The molecule has 2 aliphatic rings. The van der Waals surface area contributed by atoms with Gasteiger partial charge >= 0.3 is 6.09 Å². The van der Waals surface area contributed by atoms with Crippen molar-refractivity contribution in [2.45, 2.75) is 19.4 Å². The lowest BCUT2D eigenvalue weighted by atomic mass is 10.0. The van der Waals surface area contributed by atoms with Gasteiger partial charge in [0.25, 0.3) is 0 Å². The molecule has 0 bridgehead atoms. The minimum absolute atomic E-state index is 0.186. The summed E-state index contributed by atoms with van der Waals surface area (Å²) in [4.78, 5) is 14.1. The smallest absolute Gasteiger partial charge is 0.417 e. The van der Waals surface area contributed by atoms with E-state index in [0.717, 1.165) is 24.0 Å². The van der Waals surface area contributed by atoms with Gasteiger partial charge in [-0.15, -0.1) is 0 Å². The summed E-state index contributed by atoms with van der Waals surface area (Å²) in [6.07, 6.45) is 14.1.